The zero-order valence-corrected chi connectivity index (χ0v) is 10.7. The number of hydrogen-bond donors (Lipinski definition) is 3. The maximum Gasteiger partial charge on any atom is 0.320 e. The van der Waals surface area contributed by atoms with Gasteiger partial charge in [-0.15, -0.1) is 0 Å². The molecular weight excluding hydrogens is 246 g/mol. The predicted molar refractivity (Wildman–Crippen MR) is 62.0 cm³/mol. The first-order valence-electron chi connectivity index (χ1n) is 5.63. The van der Waals surface area contributed by atoms with Gasteiger partial charge in [-0.25, -0.2) is 13.1 Å². The lowest BCUT2D eigenvalue weighted by Crippen LogP contribution is -2.54. The monoisotopic (exact) mass is 265 g/mol. The third-order valence-corrected chi connectivity index (χ3v) is 4.59. The summed E-state index contributed by atoms with van der Waals surface area (Å²) >= 11 is 0. The van der Waals surface area contributed by atoms with Crippen LogP contribution in [0.1, 0.15) is 32.6 Å². The number of hydrogen-bond acceptors (Lipinski definition) is 4. The topological polar surface area (TPSA) is 104 Å². The fourth-order valence-corrected chi connectivity index (χ4v) is 3.46. The minimum atomic E-state index is -3.88. The van der Waals surface area contributed by atoms with Gasteiger partial charge in [0.25, 0.3) is 0 Å². The van der Waals surface area contributed by atoms with E-state index in [9.17, 15) is 18.3 Å². The van der Waals surface area contributed by atoms with Gasteiger partial charge in [0.15, 0.2) is 5.75 Å². The van der Waals surface area contributed by atoms with Crippen molar-refractivity contribution in [1.29, 1.82) is 0 Å². The molecule has 0 atom stereocenters. The number of rotatable bonds is 5. The molecule has 0 amide bonds. The van der Waals surface area contributed by atoms with E-state index < -0.39 is 27.3 Å². The molecular formula is C10H19NO5S. The Bertz CT molecular complexity index is 370. The Kier molecular flexibility index (Phi) is 4.51. The Balaban J connectivity index is 2.72. The lowest BCUT2D eigenvalue weighted by Gasteiger charge is -2.38. The number of carboxylic acids is 1. The van der Waals surface area contributed by atoms with Gasteiger partial charge < -0.3 is 10.2 Å². The summed E-state index contributed by atoms with van der Waals surface area (Å²) in [4.78, 5) is 10.4. The molecule has 0 saturated heterocycles. The molecule has 1 saturated carbocycles. The van der Waals surface area contributed by atoms with Crippen LogP contribution in [0.25, 0.3) is 0 Å². The summed E-state index contributed by atoms with van der Waals surface area (Å²) in [5.74, 6) is -1.84. The summed E-state index contributed by atoms with van der Waals surface area (Å²) in [7, 11) is -3.88. The van der Waals surface area contributed by atoms with Crippen molar-refractivity contribution in [3.8, 4) is 0 Å². The van der Waals surface area contributed by atoms with Crippen LogP contribution in [0.3, 0.4) is 0 Å². The van der Waals surface area contributed by atoms with Crippen LogP contribution in [0, 0.1) is 5.92 Å². The van der Waals surface area contributed by atoms with E-state index in [0.717, 1.165) is 12.8 Å². The quantitative estimate of drug-likeness (QED) is 0.645. The molecule has 0 aromatic heterocycles. The van der Waals surface area contributed by atoms with Crippen LogP contribution in [0.15, 0.2) is 0 Å². The van der Waals surface area contributed by atoms with E-state index in [1.807, 2.05) is 0 Å². The summed E-state index contributed by atoms with van der Waals surface area (Å²) in [6, 6.07) is 0. The molecule has 1 aliphatic carbocycles. The molecule has 0 spiro atoms. The molecule has 0 aromatic carbocycles. The van der Waals surface area contributed by atoms with Crippen molar-refractivity contribution < 1.29 is 23.4 Å². The highest BCUT2D eigenvalue weighted by molar-refractivity contribution is 7.90. The van der Waals surface area contributed by atoms with Gasteiger partial charge in [-0.1, -0.05) is 6.92 Å². The van der Waals surface area contributed by atoms with Gasteiger partial charge in [0.1, 0.15) is 0 Å². The first-order chi connectivity index (χ1) is 7.79. The highest BCUT2D eigenvalue weighted by atomic mass is 32.2. The van der Waals surface area contributed by atoms with Crippen molar-refractivity contribution in [3.63, 3.8) is 0 Å². The standard InChI is InChI=1S/C10H19NO5S/c1-8-2-4-10(7-12,5-3-8)11-17(15,16)6-9(13)14/h8,11-12H,2-7H2,1H3,(H,13,14). The lowest BCUT2D eigenvalue weighted by molar-refractivity contribution is -0.134. The van der Waals surface area contributed by atoms with Crippen LogP contribution in [0.4, 0.5) is 0 Å². The average molecular weight is 265 g/mol. The molecule has 0 bridgehead atoms. The molecule has 1 fully saturated rings. The summed E-state index contributed by atoms with van der Waals surface area (Å²) in [6.07, 6.45) is 2.75. The van der Waals surface area contributed by atoms with Crippen LogP contribution in [-0.2, 0) is 14.8 Å². The van der Waals surface area contributed by atoms with Crippen molar-refractivity contribution >= 4 is 16.0 Å². The Morgan fingerprint density at radius 1 is 1.41 bits per heavy atom. The highest BCUT2D eigenvalue weighted by Gasteiger charge is 2.37. The third kappa shape index (κ3) is 4.25. The number of aliphatic hydroxyl groups is 1. The Hall–Kier alpha value is -0.660. The zero-order chi connectivity index (χ0) is 13.1. The van der Waals surface area contributed by atoms with Crippen molar-refractivity contribution in [3.05, 3.63) is 0 Å². The van der Waals surface area contributed by atoms with Crippen molar-refractivity contribution in [2.24, 2.45) is 5.92 Å². The van der Waals surface area contributed by atoms with E-state index in [2.05, 4.69) is 11.6 Å². The minimum Gasteiger partial charge on any atom is -0.480 e. The average Bonchev–Trinajstić information content (AvgIpc) is 2.19. The summed E-state index contributed by atoms with van der Waals surface area (Å²) in [6.45, 7) is 1.78. The summed E-state index contributed by atoms with van der Waals surface area (Å²) in [5, 5.41) is 17.8. The van der Waals surface area contributed by atoms with Gasteiger partial charge in [-0.3, -0.25) is 4.79 Å². The molecule has 0 aromatic rings. The van der Waals surface area contributed by atoms with Gasteiger partial charge in [0.05, 0.1) is 12.1 Å². The molecule has 1 rings (SSSR count). The molecule has 0 unspecified atom stereocenters. The second-order valence-electron chi connectivity index (χ2n) is 4.88. The van der Waals surface area contributed by atoms with E-state index in [1.165, 1.54) is 0 Å². The molecule has 6 nitrogen and oxygen atoms in total. The minimum absolute atomic E-state index is 0.293. The maximum absolute atomic E-state index is 11.6. The second kappa shape index (κ2) is 5.32. The smallest absolute Gasteiger partial charge is 0.320 e. The molecule has 0 heterocycles. The second-order valence-corrected chi connectivity index (χ2v) is 6.60. The zero-order valence-electron chi connectivity index (χ0n) is 9.85. The molecule has 100 valence electrons. The van der Waals surface area contributed by atoms with Crippen LogP contribution in [0.2, 0.25) is 0 Å². The SMILES string of the molecule is CC1CCC(CO)(NS(=O)(=O)CC(=O)O)CC1. The molecule has 0 aliphatic heterocycles. The van der Waals surface area contributed by atoms with Crippen LogP contribution in [0.5, 0.6) is 0 Å². The number of aliphatic carboxylic acids is 1. The van der Waals surface area contributed by atoms with Crippen LogP contribution >= 0.6 is 0 Å². The predicted octanol–water partition coefficient (Wildman–Crippen LogP) is -0.0684. The van der Waals surface area contributed by atoms with Crippen molar-refractivity contribution in [2.45, 2.75) is 38.1 Å². The van der Waals surface area contributed by atoms with Gasteiger partial charge in [0.2, 0.25) is 10.0 Å². The lowest BCUT2D eigenvalue weighted by atomic mass is 9.78. The van der Waals surface area contributed by atoms with Crippen molar-refractivity contribution in [1.82, 2.24) is 4.72 Å². The van der Waals surface area contributed by atoms with Gasteiger partial charge in [-0.05, 0) is 31.6 Å². The Morgan fingerprint density at radius 3 is 2.35 bits per heavy atom. The van der Waals surface area contributed by atoms with E-state index in [4.69, 9.17) is 5.11 Å². The first kappa shape index (κ1) is 14.4. The highest BCUT2D eigenvalue weighted by Crippen LogP contribution is 2.32. The number of carboxylic acid groups (broad SMARTS) is 1. The molecule has 0 radical (unpaired) electrons. The number of sulfonamides is 1. The van der Waals surface area contributed by atoms with E-state index in [0.29, 0.717) is 18.8 Å². The Morgan fingerprint density at radius 2 is 1.94 bits per heavy atom. The summed E-state index contributed by atoms with van der Waals surface area (Å²) < 4.78 is 25.5. The Labute approximate surface area is 101 Å². The number of aliphatic hydroxyl groups excluding tert-OH is 1. The van der Waals surface area contributed by atoms with Crippen LogP contribution in [-0.4, -0.2) is 42.5 Å². The van der Waals surface area contributed by atoms with E-state index >= 15 is 0 Å². The van der Waals surface area contributed by atoms with E-state index in [1.54, 1.807) is 0 Å². The van der Waals surface area contributed by atoms with Crippen LogP contribution < -0.4 is 4.72 Å². The van der Waals surface area contributed by atoms with Gasteiger partial charge >= 0.3 is 5.97 Å². The third-order valence-electron chi connectivity index (χ3n) is 3.22. The molecule has 3 N–H and O–H groups in total. The number of carbonyl (C=O) groups is 1. The fourth-order valence-electron chi connectivity index (χ4n) is 2.14. The normalized spacial score (nSPS) is 30.1. The molecule has 1 aliphatic rings. The van der Waals surface area contributed by atoms with E-state index in [-0.39, 0.29) is 6.61 Å². The maximum atomic E-state index is 11.6. The molecule has 7 heteroatoms. The van der Waals surface area contributed by atoms with Crippen molar-refractivity contribution in [2.75, 3.05) is 12.4 Å². The van der Waals surface area contributed by atoms with Gasteiger partial charge in [0, 0.05) is 0 Å². The summed E-state index contributed by atoms with van der Waals surface area (Å²) in [5.41, 5.74) is -0.874. The fraction of sp³-hybridized carbons (Fsp3) is 0.900. The molecule has 17 heavy (non-hydrogen) atoms. The van der Waals surface area contributed by atoms with Gasteiger partial charge in [-0.2, -0.15) is 0 Å². The largest absolute Gasteiger partial charge is 0.480 e. The first-order valence-corrected chi connectivity index (χ1v) is 7.28. The number of nitrogens with one attached hydrogen (secondary N) is 1.